The van der Waals surface area contributed by atoms with Crippen LogP contribution in [-0.4, -0.2) is 50.0 Å². The number of nitrogens with one attached hydrogen (secondary N) is 1. The first kappa shape index (κ1) is 30.8. The maximum atomic E-state index is 14.2. The van der Waals surface area contributed by atoms with Crippen molar-refractivity contribution in [2.75, 3.05) is 17.1 Å². The molecule has 0 aliphatic heterocycles. The monoisotopic (exact) mass is 639 g/mol. The number of hydrogen-bond donors (Lipinski definition) is 1. The van der Waals surface area contributed by atoms with Crippen LogP contribution in [0.3, 0.4) is 0 Å². The Labute approximate surface area is 252 Å². The number of halogens is 1. The maximum Gasteiger partial charge on any atom is 0.244 e. The minimum absolute atomic E-state index is 0.0665. The molecule has 0 saturated heterocycles. The summed E-state index contributed by atoms with van der Waals surface area (Å²) in [6.45, 7) is 1.55. The van der Waals surface area contributed by atoms with Crippen molar-refractivity contribution < 1.29 is 18.0 Å². The van der Waals surface area contributed by atoms with Crippen molar-refractivity contribution in [1.82, 2.24) is 10.2 Å². The number of benzene rings is 3. The molecule has 2 amide bonds. The summed E-state index contributed by atoms with van der Waals surface area (Å²) in [5.74, 6) is -0.663. The highest BCUT2D eigenvalue weighted by Gasteiger charge is 2.34. The number of rotatable bonds is 11. The van der Waals surface area contributed by atoms with Crippen molar-refractivity contribution in [3.8, 4) is 0 Å². The Morgan fingerprint density at radius 3 is 2.24 bits per heavy atom. The van der Waals surface area contributed by atoms with Crippen LogP contribution in [0.5, 0.6) is 0 Å². The van der Waals surface area contributed by atoms with E-state index in [0.29, 0.717) is 12.1 Å². The fourth-order valence-electron chi connectivity index (χ4n) is 5.37. The van der Waals surface area contributed by atoms with Gasteiger partial charge in [0.05, 0.1) is 11.9 Å². The topological polar surface area (TPSA) is 86.8 Å². The Balaban J connectivity index is 1.73. The van der Waals surface area contributed by atoms with Gasteiger partial charge in [-0.25, -0.2) is 8.42 Å². The van der Waals surface area contributed by atoms with Crippen LogP contribution in [0.4, 0.5) is 5.69 Å². The Hall–Kier alpha value is -3.17. The van der Waals surface area contributed by atoms with Crippen LogP contribution >= 0.6 is 15.9 Å². The molecular formula is C32H38BrN3O4S. The van der Waals surface area contributed by atoms with Crippen LogP contribution in [0.25, 0.3) is 0 Å². The van der Waals surface area contributed by atoms with Gasteiger partial charge < -0.3 is 10.2 Å². The number of anilines is 1. The third-order valence-corrected chi connectivity index (χ3v) is 9.15. The first-order valence-electron chi connectivity index (χ1n) is 14.0. The summed E-state index contributed by atoms with van der Waals surface area (Å²) < 4.78 is 27.9. The lowest BCUT2D eigenvalue weighted by molar-refractivity contribution is -0.140. The maximum absolute atomic E-state index is 14.2. The van der Waals surface area contributed by atoms with E-state index in [1.165, 1.54) is 0 Å². The number of amides is 2. The van der Waals surface area contributed by atoms with Gasteiger partial charge in [-0.2, -0.15) is 0 Å². The van der Waals surface area contributed by atoms with Crippen LogP contribution in [0, 0.1) is 6.92 Å². The van der Waals surface area contributed by atoms with Gasteiger partial charge in [0.2, 0.25) is 21.8 Å². The van der Waals surface area contributed by atoms with Crippen LogP contribution in [0.15, 0.2) is 83.3 Å². The standard InChI is InChI=1S/C32H38BrN3O4S/c1-24-12-9-10-19-29(24)36(41(2,39)40)23-31(37)35(22-26-15-11-16-27(33)20-26)30(21-25-13-5-3-6-14-25)32(38)34-28-17-7-4-8-18-28/h3,5-6,9-16,19-20,28,30H,4,7-8,17-18,21-23H2,1-2H3,(H,34,38)/t30-/m0/s1. The fraction of sp³-hybridized carbons (Fsp3) is 0.375. The molecule has 41 heavy (non-hydrogen) atoms. The van der Waals surface area contributed by atoms with E-state index in [0.717, 1.165) is 63.8 Å². The molecule has 4 rings (SSSR count). The number of sulfonamides is 1. The lowest BCUT2D eigenvalue weighted by Crippen LogP contribution is -2.55. The number of nitrogens with zero attached hydrogens (tertiary/aromatic N) is 2. The molecular weight excluding hydrogens is 602 g/mol. The number of hydrogen-bond acceptors (Lipinski definition) is 4. The van der Waals surface area contributed by atoms with Crippen molar-refractivity contribution >= 4 is 43.5 Å². The minimum atomic E-state index is -3.80. The normalized spacial score (nSPS) is 14.7. The quantitative estimate of drug-likeness (QED) is 0.295. The first-order valence-corrected chi connectivity index (χ1v) is 16.7. The van der Waals surface area contributed by atoms with E-state index in [2.05, 4.69) is 21.2 Å². The van der Waals surface area contributed by atoms with E-state index in [1.807, 2.05) is 73.7 Å². The molecule has 1 fully saturated rings. The van der Waals surface area contributed by atoms with E-state index in [-0.39, 0.29) is 18.5 Å². The Kier molecular flexibility index (Phi) is 10.6. The van der Waals surface area contributed by atoms with Crippen LogP contribution in [0.2, 0.25) is 0 Å². The van der Waals surface area contributed by atoms with E-state index >= 15 is 0 Å². The lowest BCUT2D eigenvalue weighted by Gasteiger charge is -2.35. The number of aryl methyl sites for hydroxylation is 1. The van der Waals surface area contributed by atoms with Crippen LogP contribution < -0.4 is 9.62 Å². The summed E-state index contributed by atoms with van der Waals surface area (Å²) in [6, 6.07) is 23.5. The van der Waals surface area contributed by atoms with Crippen molar-refractivity contribution in [2.45, 2.75) is 64.1 Å². The zero-order valence-corrected chi connectivity index (χ0v) is 26.0. The van der Waals surface area contributed by atoms with E-state index in [1.54, 1.807) is 17.0 Å². The van der Waals surface area contributed by atoms with Gasteiger partial charge >= 0.3 is 0 Å². The second kappa shape index (κ2) is 14.1. The average Bonchev–Trinajstić information content (AvgIpc) is 2.94. The largest absolute Gasteiger partial charge is 0.352 e. The summed E-state index contributed by atoms with van der Waals surface area (Å²) in [4.78, 5) is 29.8. The molecule has 0 radical (unpaired) electrons. The first-order chi connectivity index (χ1) is 19.6. The van der Waals surface area contributed by atoms with Gasteiger partial charge in [-0.3, -0.25) is 13.9 Å². The fourth-order valence-corrected chi connectivity index (χ4v) is 6.72. The molecule has 0 heterocycles. The van der Waals surface area contributed by atoms with Crippen LogP contribution in [0.1, 0.15) is 48.8 Å². The van der Waals surface area contributed by atoms with E-state index < -0.39 is 28.5 Å². The molecule has 0 bridgehead atoms. The number of carbonyl (C=O) groups is 2. The molecule has 1 N–H and O–H groups in total. The van der Waals surface area contributed by atoms with Gasteiger partial charge in [-0.05, 0) is 54.7 Å². The predicted molar refractivity (Wildman–Crippen MR) is 167 cm³/mol. The van der Waals surface area contributed by atoms with Crippen molar-refractivity contribution in [3.05, 3.63) is 100 Å². The molecule has 3 aromatic carbocycles. The highest BCUT2D eigenvalue weighted by atomic mass is 79.9. The second-order valence-corrected chi connectivity index (χ2v) is 13.6. The average molecular weight is 641 g/mol. The highest BCUT2D eigenvalue weighted by molar-refractivity contribution is 9.10. The van der Waals surface area contributed by atoms with Gasteiger partial charge in [-0.1, -0.05) is 95.9 Å². The number of para-hydroxylation sites is 1. The Morgan fingerprint density at radius 2 is 1.59 bits per heavy atom. The molecule has 7 nitrogen and oxygen atoms in total. The minimum Gasteiger partial charge on any atom is -0.352 e. The van der Waals surface area contributed by atoms with Gasteiger partial charge in [0, 0.05) is 23.5 Å². The lowest BCUT2D eigenvalue weighted by atomic mass is 9.94. The molecule has 0 spiro atoms. The molecule has 1 saturated carbocycles. The summed E-state index contributed by atoms with van der Waals surface area (Å²) in [5, 5.41) is 3.22. The van der Waals surface area contributed by atoms with Crippen molar-refractivity contribution in [2.24, 2.45) is 0 Å². The Bertz CT molecular complexity index is 1440. The second-order valence-electron chi connectivity index (χ2n) is 10.8. The van der Waals surface area contributed by atoms with Crippen molar-refractivity contribution in [1.29, 1.82) is 0 Å². The van der Waals surface area contributed by atoms with Gasteiger partial charge in [0.15, 0.2) is 0 Å². The highest BCUT2D eigenvalue weighted by Crippen LogP contribution is 2.24. The Morgan fingerprint density at radius 1 is 0.927 bits per heavy atom. The molecule has 0 unspecified atom stereocenters. The van der Waals surface area contributed by atoms with Crippen molar-refractivity contribution in [3.63, 3.8) is 0 Å². The summed E-state index contributed by atoms with van der Waals surface area (Å²) in [7, 11) is -3.80. The molecule has 1 aliphatic rings. The number of carbonyl (C=O) groups excluding carboxylic acids is 2. The molecule has 1 aliphatic carbocycles. The molecule has 9 heteroatoms. The molecule has 3 aromatic rings. The van der Waals surface area contributed by atoms with E-state index in [4.69, 9.17) is 0 Å². The summed E-state index contributed by atoms with van der Waals surface area (Å²) in [5.41, 5.74) is 2.93. The van der Waals surface area contributed by atoms with Crippen LogP contribution in [-0.2, 0) is 32.6 Å². The molecule has 0 aromatic heterocycles. The molecule has 218 valence electrons. The third-order valence-electron chi connectivity index (χ3n) is 7.53. The zero-order valence-electron chi connectivity index (χ0n) is 23.6. The zero-order chi connectivity index (χ0) is 29.4. The SMILES string of the molecule is Cc1ccccc1N(CC(=O)N(Cc1cccc(Br)c1)[C@@H](Cc1ccccc1)C(=O)NC1CCCCC1)S(C)(=O)=O. The smallest absolute Gasteiger partial charge is 0.244 e. The molecule has 1 atom stereocenters. The predicted octanol–water partition coefficient (Wildman–Crippen LogP) is 5.61. The third kappa shape index (κ3) is 8.66. The summed E-state index contributed by atoms with van der Waals surface area (Å²) >= 11 is 3.51. The summed E-state index contributed by atoms with van der Waals surface area (Å²) in [6.07, 6.45) is 6.53. The van der Waals surface area contributed by atoms with Gasteiger partial charge in [0.1, 0.15) is 12.6 Å². The van der Waals surface area contributed by atoms with Gasteiger partial charge in [-0.15, -0.1) is 0 Å². The van der Waals surface area contributed by atoms with E-state index in [9.17, 15) is 18.0 Å². The van der Waals surface area contributed by atoms with Gasteiger partial charge in [0.25, 0.3) is 0 Å².